The topological polar surface area (TPSA) is 21.3 Å². The van der Waals surface area contributed by atoms with Gasteiger partial charge in [0.15, 0.2) is 0 Å². The van der Waals surface area contributed by atoms with Gasteiger partial charge in [0.1, 0.15) is 17.7 Å². The minimum Gasteiger partial charge on any atom is -0.489 e. The molecule has 1 aromatic carbocycles. The maximum absolute atomic E-state index is 13.5. The van der Waals surface area contributed by atoms with Gasteiger partial charge >= 0.3 is 0 Å². The van der Waals surface area contributed by atoms with Crippen LogP contribution in [0, 0.1) is 12.7 Å². The van der Waals surface area contributed by atoms with E-state index < -0.39 is 0 Å². The molecule has 0 amide bonds. The van der Waals surface area contributed by atoms with Crippen molar-refractivity contribution in [1.29, 1.82) is 0 Å². The molecule has 2 unspecified atom stereocenters. The van der Waals surface area contributed by atoms with Gasteiger partial charge in [-0.25, -0.2) is 4.39 Å². The smallest absolute Gasteiger partial charge is 0.129 e. The minimum atomic E-state index is -0.209. The van der Waals surface area contributed by atoms with Crippen molar-refractivity contribution in [3.05, 3.63) is 29.6 Å². The van der Waals surface area contributed by atoms with Gasteiger partial charge in [0.2, 0.25) is 0 Å². The third-order valence-electron chi connectivity index (χ3n) is 3.25. The van der Waals surface area contributed by atoms with Crippen molar-refractivity contribution in [3.63, 3.8) is 0 Å². The largest absolute Gasteiger partial charge is 0.489 e. The lowest BCUT2D eigenvalue weighted by Crippen LogP contribution is -2.40. The van der Waals surface area contributed by atoms with Crippen LogP contribution in [0.3, 0.4) is 0 Å². The molecule has 1 N–H and O–H groups in total. The summed E-state index contributed by atoms with van der Waals surface area (Å²) in [5.74, 6) is 0.403. The Kier molecular flexibility index (Phi) is 6.13. The molecule has 2 nitrogen and oxygen atoms in total. The summed E-state index contributed by atoms with van der Waals surface area (Å²) >= 11 is 0. The fourth-order valence-electron chi connectivity index (χ4n) is 2.10. The SMILES string of the molecule is CCCC(NC)C(CC)Oc1ccc(C)c(F)c1. The highest BCUT2D eigenvalue weighted by molar-refractivity contribution is 5.28. The van der Waals surface area contributed by atoms with E-state index in [1.807, 2.05) is 13.1 Å². The van der Waals surface area contributed by atoms with Crippen molar-refractivity contribution in [3.8, 4) is 5.75 Å². The Morgan fingerprint density at radius 3 is 2.56 bits per heavy atom. The maximum atomic E-state index is 13.5. The first-order valence-electron chi connectivity index (χ1n) is 6.72. The van der Waals surface area contributed by atoms with E-state index in [4.69, 9.17) is 4.74 Å². The summed E-state index contributed by atoms with van der Waals surface area (Å²) in [7, 11) is 1.95. The molecular formula is C15H24FNO. The lowest BCUT2D eigenvalue weighted by molar-refractivity contribution is 0.146. The number of likely N-dealkylation sites (N-methyl/N-ethyl adjacent to an activating group) is 1. The molecule has 0 aliphatic carbocycles. The molecule has 0 saturated heterocycles. The molecule has 0 spiro atoms. The van der Waals surface area contributed by atoms with Crippen LogP contribution in [0.2, 0.25) is 0 Å². The molecular weight excluding hydrogens is 229 g/mol. The summed E-state index contributed by atoms with van der Waals surface area (Å²) in [5.41, 5.74) is 0.647. The summed E-state index contributed by atoms with van der Waals surface area (Å²) in [6, 6.07) is 5.37. The van der Waals surface area contributed by atoms with Crippen LogP contribution in [0.25, 0.3) is 0 Å². The normalized spacial score (nSPS) is 14.3. The van der Waals surface area contributed by atoms with Crippen molar-refractivity contribution in [2.24, 2.45) is 0 Å². The van der Waals surface area contributed by atoms with Crippen LogP contribution in [0.5, 0.6) is 5.75 Å². The number of benzene rings is 1. The monoisotopic (exact) mass is 253 g/mol. The molecule has 0 aliphatic heterocycles. The summed E-state index contributed by atoms with van der Waals surface area (Å²) in [5, 5.41) is 3.28. The predicted molar refractivity (Wildman–Crippen MR) is 73.6 cm³/mol. The fourth-order valence-corrected chi connectivity index (χ4v) is 2.10. The standard InChI is InChI=1S/C15H24FNO/c1-5-7-14(17-4)15(6-2)18-12-9-8-11(3)13(16)10-12/h8-10,14-15,17H,5-7H2,1-4H3. The van der Waals surface area contributed by atoms with E-state index in [0.29, 0.717) is 17.4 Å². The van der Waals surface area contributed by atoms with Gasteiger partial charge in [-0.1, -0.05) is 26.3 Å². The molecule has 0 aromatic heterocycles. The molecule has 0 fully saturated rings. The average Bonchev–Trinajstić information content (AvgIpc) is 2.37. The van der Waals surface area contributed by atoms with E-state index in [1.165, 1.54) is 6.07 Å². The van der Waals surface area contributed by atoms with Gasteiger partial charge in [-0.3, -0.25) is 0 Å². The average molecular weight is 253 g/mol. The predicted octanol–water partition coefficient (Wildman–Crippen LogP) is 3.68. The first kappa shape index (κ1) is 15.0. The van der Waals surface area contributed by atoms with Gasteiger partial charge in [0.05, 0.1) is 0 Å². The van der Waals surface area contributed by atoms with Crippen molar-refractivity contribution < 1.29 is 9.13 Å². The number of ether oxygens (including phenoxy) is 1. The van der Waals surface area contributed by atoms with Crippen LogP contribution in [0.15, 0.2) is 18.2 Å². The Morgan fingerprint density at radius 1 is 1.33 bits per heavy atom. The van der Waals surface area contributed by atoms with Crippen LogP contribution in [0.1, 0.15) is 38.7 Å². The molecule has 1 aromatic rings. The summed E-state index contributed by atoms with van der Waals surface area (Å²) in [4.78, 5) is 0. The van der Waals surface area contributed by atoms with E-state index >= 15 is 0 Å². The van der Waals surface area contributed by atoms with Gasteiger partial charge in [0.25, 0.3) is 0 Å². The van der Waals surface area contributed by atoms with Crippen molar-refractivity contribution in [2.75, 3.05) is 7.05 Å². The second-order valence-electron chi connectivity index (χ2n) is 4.66. The van der Waals surface area contributed by atoms with E-state index in [1.54, 1.807) is 13.0 Å². The summed E-state index contributed by atoms with van der Waals surface area (Å²) < 4.78 is 19.4. The third-order valence-corrected chi connectivity index (χ3v) is 3.25. The number of nitrogens with one attached hydrogen (secondary N) is 1. The summed E-state index contributed by atoms with van der Waals surface area (Å²) in [6.07, 6.45) is 3.15. The Morgan fingerprint density at radius 2 is 2.06 bits per heavy atom. The highest BCUT2D eigenvalue weighted by atomic mass is 19.1. The molecule has 0 heterocycles. The number of hydrogen-bond acceptors (Lipinski definition) is 2. The van der Waals surface area contributed by atoms with Crippen molar-refractivity contribution in [2.45, 2.75) is 52.2 Å². The summed E-state index contributed by atoms with van der Waals surface area (Å²) in [6.45, 7) is 6.00. The molecule has 0 radical (unpaired) electrons. The second kappa shape index (κ2) is 7.37. The first-order chi connectivity index (χ1) is 8.62. The highest BCUT2D eigenvalue weighted by Crippen LogP contribution is 2.20. The van der Waals surface area contributed by atoms with Gasteiger partial charge in [-0.15, -0.1) is 0 Å². The fraction of sp³-hybridized carbons (Fsp3) is 0.600. The van der Waals surface area contributed by atoms with Crippen molar-refractivity contribution >= 4 is 0 Å². The van der Waals surface area contributed by atoms with Crippen LogP contribution in [0.4, 0.5) is 4.39 Å². The highest BCUT2D eigenvalue weighted by Gasteiger charge is 2.19. The van der Waals surface area contributed by atoms with E-state index in [0.717, 1.165) is 19.3 Å². The van der Waals surface area contributed by atoms with Crippen LogP contribution in [-0.2, 0) is 0 Å². The van der Waals surface area contributed by atoms with Crippen LogP contribution >= 0.6 is 0 Å². The zero-order chi connectivity index (χ0) is 13.5. The van der Waals surface area contributed by atoms with Gasteiger partial charge in [0, 0.05) is 12.1 Å². The lowest BCUT2D eigenvalue weighted by Gasteiger charge is -2.26. The zero-order valence-corrected chi connectivity index (χ0v) is 11.8. The molecule has 0 aliphatic rings. The van der Waals surface area contributed by atoms with Crippen molar-refractivity contribution in [1.82, 2.24) is 5.32 Å². The van der Waals surface area contributed by atoms with Crippen LogP contribution < -0.4 is 10.1 Å². The molecule has 1 rings (SSSR count). The molecule has 18 heavy (non-hydrogen) atoms. The molecule has 0 bridgehead atoms. The Bertz CT molecular complexity index is 368. The number of hydrogen-bond donors (Lipinski definition) is 1. The Labute approximate surface area is 110 Å². The van der Waals surface area contributed by atoms with Gasteiger partial charge in [-0.2, -0.15) is 0 Å². The Hall–Kier alpha value is -1.09. The molecule has 3 heteroatoms. The van der Waals surface area contributed by atoms with Gasteiger partial charge < -0.3 is 10.1 Å². The first-order valence-corrected chi connectivity index (χ1v) is 6.72. The number of halogens is 1. The second-order valence-corrected chi connectivity index (χ2v) is 4.66. The number of aryl methyl sites for hydroxylation is 1. The maximum Gasteiger partial charge on any atom is 0.129 e. The van der Waals surface area contributed by atoms with E-state index in [-0.39, 0.29) is 11.9 Å². The van der Waals surface area contributed by atoms with E-state index in [9.17, 15) is 4.39 Å². The van der Waals surface area contributed by atoms with E-state index in [2.05, 4.69) is 19.2 Å². The minimum absolute atomic E-state index is 0.0806. The lowest BCUT2D eigenvalue weighted by atomic mass is 10.0. The number of rotatable bonds is 7. The Balaban J connectivity index is 2.74. The quantitative estimate of drug-likeness (QED) is 0.800. The third kappa shape index (κ3) is 3.98. The molecule has 102 valence electrons. The molecule has 0 saturated carbocycles. The van der Waals surface area contributed by atoms with Gasteiger partial charge in [-0.05, 0) is 38.4 Å². The zero-order valence-electron chi connectivity index (χ0n) is 11.8. The molecule has 2 atom stereocenters. The van der Waals surface area contributed by atoms with Crippen LogP contribution in [-0.4, -0.2) is 19.2 Å².